The molecular weight excluding hydrogens is 204 g/mol. The van der Waals surface area contributed by atoms with E-state index >= 15 is 0 Å². The van der Waals surface area contributed by atoms with Crippen LogP contribution in [-0.4, -0.2) is 21.0 Å². The van der Waals surface area contributed by atoms with Crippen LogP contribution in [0.1, 0.15) is 15.9 Å². The highest BCUT2D eigenvalue weighted by molar-refractivity contribution is 5.91. The Kier molecular flexibility index (Phi) is 2.64. The van der Waals surface area contributed by atoms with E-state index in [9.17, 15) is 4.79 Å². The molecule has 0 aliphatic heterocycles. The van der Waals surface area contributed by atoms with E-state index in [0.717, 1.165) is 16.7 Å². The van der Waals surface area contributed by atoms with Gasteiger partial charge in [-0.15, -0.1) is 0 Å². The van der Waals surface area contributed by atoms with Crippen LogP contribution >= 0.6 is 0 Å². The van der Waals surface area contributed by atoms with E-state index in [2.05, 4.69) is 9.97 Å². The Hall–Kier alpha value is -2.23. The van der Waals surface area contributed by atoms with Crippen molar-refractivity contribution >= 4 is 5.97 Å². The number of aromatic carboxylic acids is 1. The topological polar surface area (TPSA) is 63.1 Å². The van der Waals surface area contributed by atoms with E-state index in [1.165, 1.54) is 6.33 Å². The third-order valence-corrected chi connectivity index (χ3v) is 2.44. The van der Waals surface area contributed by atoms with Crippen LogP contribution in [-0.2, 0) is 0 Å². The van der Waals surface area contributed by atoms with Gasteiger partial charge in [0.2, 0.25) is 0 Å². The van der Waals surface area contributed by atoms with E-state index in [0.29, 0.717) is 5.56 Å². The maximum Gasteiger partial charge on any atom is 0.335 e. The van der Waals surface area contributed by atoms with Crippen molar-refractivity contribution in [3.8, 4) is 11.1 Å². The summed E-state index contributed by atoms with van der Waals surface area (Å²) in [6, 6.07) is 5.17. The van der Waals surface area contributed by atoms with Gasteiger partial charge in [0.15, 0.2) is 0 Å². The van der Waals surface area contributed by atoms with Crippen LogP contribution < -0.4 is 0 Å². The first-order valence-electron chi connectivity index (χ1n) is 4.78. The molecule has 2 aromatic rings. The molecule has 2 rings (SSSR count). The molecule has 0 unspecified atom stereocenters. The van der Waals surface area contributed by atoms with E-state index in [4.69, 9.17) is 5.11 Å². The first-order chi connectivity index (χ1) is 7.70. The second-order valence-electron chi connectivity index (χ2n) is 3.41. The standard InChI is InChI=1S/C12H10N2O2/c1-8-10(9-5-13-7-14-6-9)3-2-4-11(8)12(15)16/h2-7H,1H3,(H,15,16). The molecule has 0 aliphatic carbocycles. The smallest absolute Gasteiger partial charge is 0.335 e. The normalized spacial score (nSPS) is 10.1. The summed E-state index contributed by atoms with van der Waals surface area (Å²) in [4.78, 5) is 18.8. The second kappa shape index (κ2) is 4.10. The predicted molar refractivity (Wildman–Crippen MR) is 59.2 cm³/mol. The van der Waals surface area contributed by atoms with Gasteiger partial charge in [-0.05, 0) is 24.1 Å². The summed E-state index contributed by atoms with van der Waals surface area (Å²) < 4.78 is 0. The maximum absolute atomic E-state index is 11.0. The highest BCUT2D eigenvalue weighted by atomic mass is 16.4. The molecule has 1 N–H and O–H groups in total. The molecule has 0 aliphatic rings. The summed E-state index contributed by atoms with van der Waals surface area (Å²) in [7, 11) is 0. The van der Waals surface area contributed by atoms with E-state index in [-0.39, 0.29) is 0 Å². The highest BCUT2D eigenvalue weighted by Gasteiger charge is 2.11. The number of carbonyl (C=O) groups is 1. The van der Waals surface area contributed by atoms with Crippen molar-refractivity contribution in [3.63, 3.8) is 0 Å². The van der Waals surface area contributed by atoms with Crippen LogP contribution in [0.25, 0.3) is 11.1 Å². The lowest BCUT2D eigenvalue weighted by Gasteiger charge is -2.07. The fraction of sp³-hybridized carbons (Fsp3) is 0.0833. The molecule has 0 amide bonds. The molecule has 0 saturated heterocycles. The first kappa shape index (κ1) is 10.3. The summed E-state index contributed by atoms with van der Waals surface area (Å²) in [5.74, 6) is -0.920. The molecule has 0 bridgehead atoms. The average Bonchev–Trinajstić information content (AvgIpc) is 2.30. The summed E-state index contributed by atoms with van der Waals surface area (Å²) in [5.41, 5.74) is 2.70. The monoisotopic (exact) mass is 214 g/mol. The largest absolute Gasteiger partial charge is 0.478 e. The van der Waals surface area contributed by atoms with E-state index < -0.39 is 5.97 Å². The third kappa shape index (κ3) is 1.77. The molecule has 1 aromatic carbocycles. The number of rotatable bonds is 2. The van der Waals surface area contributed by atoms with Gasteiger partial charge in [-0.3, -0.25) is 0 Å². The number of carboxylic acids is 1. The fourth-order valence-electron chi connectivity index (χ4n) is 1.62. The number of benzene rings is 1. The number of carboxylic acid groups (broad SMARTS) is 1. The first-order valence-corrected chi connectivity index (χ1v) is 4.78. The Morgan fingerprint density at radius 2 is 1.94 bits per heavy atom. The lowest BCUT2D eigenvalue weighted by atomic mass is 9.98. The molecular formula is C12H10N2O2. The number of aromatic nitrogens is 2. The number of hydrogen-bond donors (Lipinski definition) is 1. The van der Waals surface area contributed by atoms with Crippen molar-refractivity contribution in [3.05, 3.63) is 48.0 Å². The summed E-state index contributed by atoms with van der Waals surface area (Å²) in [6.07, 6.45) is 4.78. The fourth-order valence-corrected chi connectivity index (χ4v) is 1.62. The van der Waals surface area contributed by atoms with Gasteiger partial charge in [0, 0.05) is 18.0 Å². The van der Waals surface area contributed by atoms with Gasteiger partial charge in [-0.2, -0.15) is 0 Å². The van der Waals surface area contributed by atoms with Crippen LogP contribution in [0.4, 0.5) is 0 Å². The summed E-state index contributed by atoms with van der Waals surface area (Å²) in [5, 5.41) is 9.01. The van der Waals surface area contributed by atoms with E-state index in [1.807, 2.05) is 6.07 Å². The second-order valence-corrected chi connectivity index (χ2v) is 3.41. The van der Waals surface area contributed by atoms with Crippen LogP contribution in [0.15, 0.2) is 36.9 Å². The lowest BCUT2D eigenvalue weighted by molar-refractivity contribution is 0.0696. The molecule has 0 atom stereocenters. The van der Waals surface area contributed by atoms with Gasteiger partial charge in [-0.1, -0.05) is 12.1 Å². The van der Waals surface area contributed by atoms with Gasteiger partial charge in [0.05, 0.1) is 5.56 Å². The average molecular weight is 214 g/mol. The molecule has 1 aromatic heterocycles. The molecule has 1 heterocycles. The molecule has 16 heavy (non-hydrogen) atoms. The van der Waals surface area contributed by atoms with Gasteiger partial charge < -0.3 is 5.11 Å². The third-order valence-electron chi connectivity index (χ3n) is 2.44. The Bertz CT molecular complexity index is 524. The maximum atomic E-state index is 11.0. The molecule has 0 radical (unpaired) electrons. The minimum absolute atomic E-state index is 0.307. The number of hydrogen-bond acceptors (Lipinski definition) is 3. The van der Waals surface area contributed by atoms with Crippen molar-refractivity contribution in [1.29, 1.82) is 0 Å². The Balaban J connectivity index is 2.59. The zero-order valence-corrected chi connectivity index (χ0v) is 8.71. The SMILES string of the molecule is Cc1c(C(=O)O)cccc1-c1cncnc1. The minimum atomic E-state index is -0.920. The highest BCUT2D eigenvalue weighted by Crippen LogP contribution is 2.24. The molecule has 4 heteroatoms. The van der Waals surface area contributed by atoms with Crippen molar-refractivity contribution in [1.82, 2.24) is 9.97 Å². The Morgan fingerprint density at radius 1 is 1.25 bits per heavy atom. The van der Waals surface area contributed by atoms with Crippen LogP contribution in [0.3, 0.4) is 0 Å². The molecule has 0 spiro atoms. The van der Waals surface area contributed by atoms with Crippen molar-refractivity contribution in [2.24, 2.45) is 0 Å². The lowest BCUT2D eigenvalue weighted by Crippen LogP contribution is -2.00. The van der Waals surface area contributed by atoms with Crippen LogP contribution in [0.5, 0.6) is 0 Å². The summed E-state index contributed by atoms with van der Waals surface area (Å²) in [6.45, 7) is 1.78. The Labute approximate surface area is 92.6 Å². The number of nitrogens with zero attached hydrogens (tertiary/aromatic N) is 2. The Morgan fingerprint density at radius 3 is 2.56 bits per heavy atom. The van der Waals surface area contributed by atoms with Gasteiger partial charge >= 0.3 is 5.97 Å². The zero-order valence-electron chi connectivity index (χ0n) is 8.71. The van der Waals surface area contributed by atoms with Gasteiger partial charge in [-0.25, -0.2) is 14.8 Å². The molecule has 0 saturated carbocycles. The van der Waals surface area contributed by atoms with Gasteiger partial charge in [0.1, 0.15) is 6.33 Å². The quantitative estimate of drug-likeness (QED) is 0.831. The zero-order chi connectivity index (χ0) is 11.5. The van der Waals surface area contributed by atoms with Gasteiger partial charge in [0.25, 0.3) is 0 Å². The molecule has 4 nitrogen and oxygen atoms in total. The molecule has 0 fully saturated rings. The van der Waals surface area contributed by atoms with Crippen molar-refractivity contribution in [2.45, 2.75) is 6.92 Å². The van der Waals surface area contributed by atoms with Crippen LogP contribution in [0, 0.1) is 6.92 Å². The van der Waals surface area contributed by atoms with Crippen molar-refractivity contribution < 1.29 is 9.90 Å². The minimum Gasteiger partial charge on any atom is -0.478 e. The predicted octanol–water partition coefficient (Wildman–Crippen LogP) is 2.15. The van der Waals surface area contributed by atoms with E-state index in [1.54, 1.807) is 31.5 Å². The van der Waals surface area contributed by atoms with Crippen molar-refractivity contribution in [2.75, 3.05) is 0 Å². The van der Waals surface area contributed by atoms with Crippen LogP contribution in [0.2, 0.25) is 0 Å². The summed E-state index contributed by atoms with van der Waals surface area (Å²) >= 11 is 0. The molecule has 80 valence electrons.